The Morgan fingerprint density at radius 1 is 0.895 bits per heavy atom. The predicted octanol–water partition coefficient (Wildman–Crippen LogP) is 4.58. The minimum atomic E-state index is -6.00. The maximum Gasteiger partial charge on any atom is 0.673 e. The average Bonchev–Trinajstić information content (AvgIpc) is 2.27. The van der Waals surface area contributed by atoms with Gasteiger partial charge in [0.05, 0.1) is 12.5 Å². The molecule has 0 fully saturated rings. The lowest BCUT2D eigenvalue weighted by Crippen LogP contribution is -2.02. The summed E-state index contributed by atoms with van der Waals surface area (Å²) in [7, 11) is -5.36. The zero-order valence-corrected chi connectivity index (χ0v) is 12.2. The van der Waals surface area contributed by atoms with Gasteiger partial charge in [-0.1, -0.05) is 30.3 Å². The van der Waals surface area contributed by atoms with Crippen LogP contribution < -0.4 is 0 Å². The fourth-order valence-corrected chi connectivity index (χ4v) is 2.32. The molecule has 0 bridgehead atoms. The number of hydrogen-bond donors (Lipinski definition) is 0. The third kappa shape index (κ3) is 17.4. The molecule has 1 aromatic carbocycles. The Kier molecular flexibility index (Phi) is 9.83. The van der Waals surface area contributed by atoms with E-state index in [0.717, 1.165) is 0 Å². The third-order valence-corrected chi connectivity index (χ3v) is 3.47. The molecule has 0 amide bonds. The summed E-state index contributed by atoms with van der Waals surface area (Å²) < 4.78 is 39.0. The molecule has 1 rings (SSSR count). The molecule has 0 N–H and O–H groups in total. The van der Waals surface area contributed by atoms with Gasteiger partial charge in [-0.05, 0) is 42.1 Å². The zero-order valence-electron chi connectivity index (χ0n) is 11.4. The van der Waals surface area contributed by atoms with Gasteiger partial charge in [0, 0.05) is 0 Å². The normalized spacial score (nSPS) is 11.1. The standard InChI is InChI=1S/C13H21S.BF4/c1-14(2)12-8-4-7-11-13-9-5-3-6-10-13;2-1(3,4)5/h3,5-6,9-10H,4,7-8,11-12H2,1-2H3;/q+1;-1. The highest BCUT2D eigenvalue weighted by Gasteiger charge is 2.20. The van der Waals surface area contributed by atoms with Crippen LogP contribution in [0.1, 0.15) is 24.8 Å². The first-order valence-electron chi connectivity index (χ1n) is 6.24. The van der Waals surface area contributed by atoms with Gasteiger partial charge in [0.25, 0.3) is 0 Å². The van der Waals surface area contributed by atoms with Gasteiger partial charge in [0.1, 0.15) is 5.75 Å². The molecule has 0 aliphatic carbocycles. The SMILES string of the molecule is C[S+](C)CCCCCc1ccccc1.F[B-](F)(F)F. The van der Waals surface area contributed by atoms with Crippen molar-refractivity contribution in [2.75, 3.05) is 18.3 Å². The van der Waals surface area contributed by atoms with Gasteiger partial charge in [-0.15, -0.1) is 0 Å². The Bertz CT molecular complexity index is 308. The Morgan fingerprint density at radius 3 is 1.89 bits per heavy atom. The van der Waals surface area contributed by atoms with E-state index in [4.69, 9.17) is 0 Å². The molecule has 0 heterocycles. The van der Waals surface area contributed by atoms with E-state index in [0.29, 0.717) is 10.9 Å². The molecular weight excluding hydrogens is 275 g/mol. The molecule has 0 saturated carbocycles. The van der Waals surface area contributed by atoms with Crippen molar-refractivity contribution >= 4 is 18.1 Å². The molecule has 0 spiro atoms. The molecule has 0 aliphatic heterocycles. The number of halogens is 4. The Labute approximate surface area is 116 Å². The first kappa shape index (κ1) is 18.4. The van der Waals surface area contributed by atoms with Gasteiger partial charge in [-0.25, -0.2) is 0 Å². The highest BCUT2D eigenvalue weighted by molar-refractivity contribution is 7.95. The minimum absolute atomic E-state index is 0.636. The van der Waals surface area contributed by atoms with Crippen LogP contribution in [0.3, 0.4) is 0 Å². The van der Waals surface area contributed by atoms with Crippen LogP contribution in [-0.4, -0.2) is 25.5 Å². The third-order valence-electron chi connectivity index (χ3n) is 2.36. The van der Waals surface area contributed by atoms with Gasteiger partial charge in [-0.2, -0.15) is 0 Å². The molecule has 0 saturated heterocycles. The zero-order chi connectivity index (χ0) is 14.7. The van der Waals surface area contributed by atoms with Crippen LogP contribution in [0.5, 0.6) is 0 Å². The Balaban J connectivity index is 0.000000555. The van der Waals surface area contributed by atoms with Crippen molar-refractivity contribution in [1.29, 1.82) is 0 Å². The van der Waals surface area contributed by atoms with Gasteiger partial charge in [0.15, 0.2) is 0 Å². The van der Waals surface area contributed by atoms with E-state index in [9.17, 15) is 17.3 Å². The second-order valence-electron chi connectivity index (χ2n) is 4.48. The molecule has 0 radical (unpaired) electrons. The summed E-state index contributed by atoms with van der Waals surface area (Å²) in [5.74, 6) is 1.41. The number of unbranched alkanes of at least 4 members (excludes halogenated alkanes) is 2. The Hall–Kier alpha value is -0.645. The number of benzene rings is 1. The van der Waals surface area contributed by atoms with Crippen molar-refractivity contribution in [1.82, 2.24) is 0 Å². The fraction of sp³-hybridized carbons (Fsp3) is 0.538. The minimum Gasteiger partial charge on any atom is -0.418 e. The lowest BCUT2D eigenvalue weighted by Gasteiger charge is -2.00. The number of aryl methyl sites for hydroxylation is 1. The maximum absolute atomic E-state index is 9.75. The second-order valence-corrected chi connectivity index (χ2v) is 6.86. The van der Waals surface area contributed by atoms with Crippen LogP contribution in [0, 0.1) is 0 Å². The van der Waals surface area contributed by atoms with Crippen molar-refractivity contribution in [3.05, 3.63) is 35.9 Å². The molecule has 0 unspecified atom stereocenters. The van der Waals surface area contributed by atoms with Crippen molar-refractivity contribution in [2.45, 2.75) is 25.7 Å². The predicted molar refractivity (Wildman–Crippen MR) is 78.3 cm³/mol. The van der Waals surface area contributed by atoms with Crippen molar-refractivity contribution < 1.29 is 17.3 Å². The molecule has 0 aliphatic rings. The molecule has 6 heteroatoms. The average molecular weight is 296 g/mol. The molecule has 1 aromatic rings. The molecular formula is C13H21BF4S. The molecule has 0 nitrogen and oxygen atoms in total. The molecule has 0 atom stereocenters. The van der Waals surface area contributed by atoms with Gasteiger partial charge >= 0.3 is 7.25 Å². The molecule has 19 heavy (non-hydrogen) atoms. The summed E-state index contributed by atoms with van der Waals surface area (Å²) in [5, 5.41) is 0. The van der Waals surface area contributed by atoms with E-state index in [1.54, 1.807) is 0 Å². The smallest absolute Gasteiger partial charge is 0.418 e. The van der Waals surface area contributed by atoms with E-state index in [-0.39, 0.29) is 0 Å². The monoisotopic (exact) mass is 296 g/mol. The van der Waals surface area contributed by atoms with E-state index in [2.05, 4.69) is 42.8 Å². The largest absolute Gasteiger partial charge is 0.673 e. The second kappa shape index (κ2) is 10.2. The van der Waals surface area contributed by atoms with Crippen LogP contribution in [0.15, 0.2) is 30.3 Å². The topological polar surface area (TPSA) is 0 Å². The van der Waals surface area contributed by atoms with E-state index < -0.39 is 7.25 Å². The first-order chi connectivity index (χ1) is 8.79. The first-order valence-corrected chi connectivity index (χ1v) is 8.45. The van der Waals surface area contributed by atoms with Crippen molar-refractivity contribution in [3.8, 4) is 0 Å². The summed E-state index contributed by atoms with van der Waals surface area (Å²) in [6.45, 7) is 0. The highest BCUT2D eigenvalue weighted by Crippen LogP contribution is 2.07. The summed E-state index contributed by atoms with van der Waals surface area (Å²) in [6, 6.07) is 10.8. The maximum atomic E-state index is 9.75. The van der Waals surface area contributed by atoms with Crippen molar-refractivity contribution in [3.63, 3.8) is 0 Å². The van der Waals surface area contributed by atoms with E-state index >= 15 is 0 Å². The summed E-state index contributed by atoms with van der Waals surface area (Å²) in [4.78, 5) is 0. The fourth-order valence-electron chi connectivity index (χ4n) is 1.54. The van der Waals surface area contributed by atoms with E-state index in [1.807, 2.05) is 0 Å². The number of rotatable bonds is 6. The summed E-state index contributed by atoms with van der Waals surface area (Å²) in [5.41, 5.74) is 1.49. The lowest BCUT2D eigenvalue weighted by atomic mass is 10.1. The van der Waals surface area contributed by atoms with Gasteiger partial charge in [0.2, 0.25) is 0 Å². The summed E-state index contributed by atoms with van der Waals surface area (Å²) >= 11 is 0. The van der Waals surface area contributed by atoms with E-state index in [1.165, 1.54) is 37.0 Å². The lowest BCUT2D eigenvalue weighted by molar-refractivity contribution is 0.368. The number of hydrogen-bond acceptors (Lipinski definition) is 0. The van der Waals surface area contributed by atoms with Gasteiger partial charge < -0.3 is 17.3 Å². The van der Waals surface area contributed by atoms with Crippen LogP contribution in [0.25, 0.3) is 0 Å². The van der Waals surface area contributed by atoms with Crippen LogP contribution in [0.2, 0.25) is 0 Å². The quantitative estimate of drug-likeness (QED) is 0.312. The molecule has 110 valence electrons. The summed E-state index contributed by atoms with van der Waals surface area (Å²) in [6.07, 6.45) is 10.1. The highest BCUT2D eigenvalue weighted by atomic mass is 32.2. The van der Waals surface area contributed by atoms with Crippen LogP contribution >= 0.6 is 0 Å². The van der Waals surface area contributed by atoms with Gasteiger partial charge in [-0.3, -0.25) is 0 Å². The Morgan fingerprint density at radius 2 is 1.42 bits per heavy atom. The van der Waals surface area contributed by atoms with Crippen molar-refractivity contribution in [2.24, 2.45) is 0 Å². The van der Waals surface area contributed by atoms with Crippen LogP contribution in [-0.2, 0) is 17.3 Å². The molecule has 0 aromatic heterocycles. The van der Waals surface area contributed by atoms with Crippen LogP contribution in [0.4, 0.5) is 17.3 Å².